The SMILES string of the molecule is CC1CCC2C(CCC3(C)C(C(=O)CO)CCC23)C1CCC(O)C#CC1CC1. The summed E-state index contributed by atoms with van der Waals surface area (Å²) in [4.78, 5) is 12.4. The van der Waals surface area contributed by atoms with Crippen LogP contribution in [-0.2, 0) is 4.79 Å². The second-order valence-corrected chi connectivity index (χ2v) is 10.6. The number of aliphatic hydroxyl groups is 2. The zero-order valence-corrected chi connectivity index (χ0v) is 17.7. The van der Waals surface area contributed by atoms with E-state index in [0.717, 1.165) is 49.9 Å². The van der Waals surface area contributed by atoms with E-state index >= 15 is 0 Å². The lowest BCUT2D eigenvalue weighted by molar-refractivity contribution is -0.132. The van der Waals surface area contributed by atoms with Crippen LogP contribution in [0.15, 0.2) is 0 Å². The minimum atomic E-state index is -0.458. The van der Waals surface area contributed by atoms with Gasteiger partial charge in [0.25, 0.3) is 0 Å². The van der Waals surface area contributed by atoms with Crippen molar-refractivity contribution in [1.82, 2.24) is 0 Å². The Morgan fingerprint density at radius 3 is 2.61 bits per heavy atom. The van der Waals surface area contributed by atoms with Gasteiger partial charge in [-0.3, -0.25) is 4.79 Å². The van der Waals surface area contributed by atoms with Gasteiger partial charge < -0.3 is 10.2 Å². The zero-order chi connectivity index (χ0) is 19.9. The lowest BCUT2D eigenvalue weighted by atomic mass is 9.51. The number of ketones is 1. The highest BCUT2D eigenvalue weighted by atomic mass is 16.3. The van der Waals surface area contributed by atoms with Crippen molar-refractivity contribution in [2.45, 2.75) is 84.2 Å². The van der Waals surface area contributed by atoms with Gasteiger partial charge in [-0.2, -0.15) is 0 Å². The van der Waals surface area contributed by atoms with Gasteiger partial charge in [-0.15, -0.1) is 0 Å². The van der Waals surface area contributed by atoms with E-state index in [1.165, 1.54) is 32.1 Å². The Balaban J connectivity index is 1.43. The zero-order valence-electron chi connectivity index (χ0n) is 17.7. The summed E-state index contributed by atoms with van der Waals surface area (Å²) >= 11 is 0. The maximum atomic E-state index is 12.4. The highest BCUT2D eigenvalue weighted by Gasteiger charge is 2.57. The number of carbonyl (C=O) groups is 1. The van der Waals surface area contributed by atoms with E-state index in [1.807, 2.05) is 0 Å². The molecule has 2 N–H and O–H groups in total. The molecule has 4 saturated carbocycles. The summed E-state index contributed by atoms with van der Waals surface area (Å²) < 4.78 is 0. The van der Waals surface area contributed by atoms with Crippen LogP contribution in [0.2, 0.25) is 0 Å². The smallest absolute Gasteiger partial charge is 0.161 e. The Labute approximate surface area is 170 Å². The average Bonchev–Trinajstić information content (AvgIpc) is 3.45. The van der Waals surface area contributed by atoms with Crippen molar-refractivity contribution in [2.24, 2.45) is 46.8 Å². The second kappa shape index (κ2) is 8.11. The van der Waals surface area contributed by atoms with Gasteiger partial charge in [-0.1, -0.05) is 32.1 Å². The van der Waals surface area contributed by atoms with Crippen LogP contribution in [0.25, 0.3) is 0 Å². The molecule has 4 aliphatic carbocycles. The highest BCUT2D eigenvalue weighted by Crippen LogP contribution is 2.63. The molecule has 4 rings (SSSR count). The van der Waals surface area contributed by atoms with Gasteiger partial charge in [0.2, 0.25) is 0 Å². The Kier molecular flexibility index (Phi) is 5.92. The van der Waals surface area contributed by atoms with E-state index in [4.69, 9.17) is 0 Å². The second-order valence-electron chi connectivity index (χ2n) is 10.6. The van der Waals surface area contributed by atoms with Gasteiger partial charge >= 0.3 is 0 Å². The number of rotatable bonds is 5. The molecule has 0 aliphatic heterocycles. The van der Waals surface area contributed by atoms with Crippen molar-refractivity contribution in [3.63, 3.8) is 0 Å². The van der Waals surface area contributed by atoms with Crippen molar-refractivity contribution >= 4 is 5.78 Å². The van der Waals surface area contributed by atoms with Gasteiger partial charge in [0.05, 0.1) is 0 Å². The lowest BCUT2D eigenvalue weighted by Gasteiger charge is -2.54. The quantitative estimate of drug-likeness (QED) is 0.696. The number of Topliss-reactive ketones (excluding diaryl/α,β-unsaturated/α-hetero) is 1. The molecule has 0 saturated heterocycles. The summed E-state index contributed by atoms with van der Waals surface area (Å²) in [5.74, 6) is 10.5. The molecule has 8 unspecified atom stereocenters. The molecule has 4 aliphatic rings. The van der Waals surface area contributed by atoms with Crippen LogP contribution in [0.5, 0.6) is 0 Å². The highest BCUT2D eigenvalue weighted by molar-refractivity contribution is 5.83. The molecule has 0 radical (unpaired) electrons. The molecular formula is C25H38O3. The van der Waals surface area contributed by atoms with Crippen LogP contribution in [0.4, 0.5) is 0 Å². The molecule has 0 aromatic carbocycles. The number of hydrogen-bond acceptors (Lipinski definition) is 3. The van der Waals surface area contributed by atoms with Crippen molar-refractivity contribution in [3.05, 3.63) is 0 Å². The number of hydrogen-bond donors (Lipinski definition) is 2. The van der Waals surface area contributed by atoms with Crippen LogP contribution in [0.1, 0.15) is 78.1 Å². The minimum Gasteiger partial charge on any atom is -0.389 e. The van der Waals surface area contributed by atoms with Crippen molar-refractivity contribution in [3.8, 4) is 11.8 Å². The summed E-state index contributed by atoms with van der Waals surface area (Å²) in [5.41, 5.74) is 0.0986. The first-order valence-electron chi connectivity index (χ1n) is 11.8. The van der Waals surface area contributed by atoms with Crippen LogP contribution in [0, 0.1) is 58.7 Å². The summed E-state index contributed by atoms with van der Waals surface area (Å²) in [6, 6.07) is 0. The fourth-order valence-electron chi connectivity index (χ4n) is 7.36. The number of carbonyl (C=O) groups excluding carboxylic acids is 1. The summed E-state index contributed by atoms with van der Waals surface area (Å²) in [7, 11) is 0. The first-order chi connectivity index (χ1) is 13.4. The first-order valence-corrected chi connectivity index (χ1v) is 11.8. The molecule has 0 spiro atoms. The van der Waals surface area contributed by atoms with Crippen LogP contribution in [-0.4, -0.2) is 28.7 Å². The molecule has 0 aromatic rings. The first kappa shape index (κ1) is 20.4. The average molecular weight is 387 g/mol. The van der Waals surface area contributed by atoms with Crippen molar-refractivity contribution in [2.75, 3.05) is 6.61 Å². The molecule has 0 heterocycles. The summed E-state index contributed by atoms with van der Waals surface area (Å²) in [5, 5.41) is 19.7. The van der Waals surface area contributed by atoms with Crippen LogP contribution < -0.4 is 0 Å². The third kappa shape index (κ3) is 3.80. The third-order valence-electron chi connectivity index (χ3n) is 9.08. The minimum absolute atomic E-state index is 0.0702. The number of fused-ring (bicyclic) bond motifs is 3. The summed E-state index contributed by atoms with van der Waals surface area (Å²) in [6.07, 6.45) is 10.9. The van der Waals surface area contributed by atoms with E-state index in [9.17, 15) is 15.0 Å². The van der Waals surface area contributed by atoms with Crippen molar-refractivity contribution in [1.29, 1.82) is 0 Å². The molecule has 8 atom stereocenters. The molecule has 156 valence electrons. The molecular weight excluding hydrogens is 348 g/mol. The van der Waals surface area contributed by atoms with E-state index in [2.05, 4.69) is 25.7 Å². The Morgan fingerprint density at radius 2 is 1.89 bits per heavy atom. The van der Waals surface area contributed by atoms with E-state index in [-0.39, 0.29) is 23.7 Å². The van der Waals surface area contributed by atoms with Gasteiger partial charge in [0.15, 0.2) is 5.78 Å². The topological polar surface area (TPSA) is 57.5 Å². The molecule has 0 bridgehead atoms. The normalized spacial score (nSPS) is 43.4. The van der Waals surface area contributed by atoms with Crippen LogP contribution >= 0.6 is 0 Å². The van der Waals surface area contributed by atoms with E-state index < -0.39 is 6.10 Å². The van der Waals surface area contributed by atoms with Crippen molar-refractivity contribution < 1.29 is 15.0 Å². The van der Waals surface area contributed by atoms with Crippen LogP contribution in [0.3, 0.4) is 0 Å². The molecule has 0 amide bonds. The van der Waals surface area contributed by atoms with E-state index in [1.54, 1.807) is 0 Å². The Hall–Kier alpha value is -0.850. The van der Waals surface area contributed by atoms with Gasteiger partial charge in [-0.25, -0.2) is 0 Å². The Morgan fingerprint density at radius 1 is 1.11 bits per heavy atom. The predicted octanol–water partition coefficient (Wildman–Crippen LogP) is 4.21. The third-order valence-corrected chi connectivity index (χ3v) is 9.08. The molecule has 3 heteroatoms. The lowest BCUT2D eigenvalue weighted by Crippen LogP contribution is -2.48. The predicted molar refractivity (Wildman–Crippen MR) is 110 cm³/mol. The Bertz CT molecular complexity index is 642. The largest absolute Gasteiger partial charge is 0.389 e. The van der Waals surface area contributed by atoms with E-state index in [0.29, 0.717) is 17.8 Å². The molecule has 28 heavy (non-hydrogen) atoms. The maximum absolute atomic E-state index is 12.4. The molecule has 4 fully saturated rings. The van der Waals surface area contributed by atoms with Gasteiger partial charge in [0, 0.05) is 11.8 Å². The van der Waals surface area contributed by atoms with Gasteiger partial charge in [0.1, 0.15) is 12.7 Å². The molecule has 3 nitrogen and oxygen atoms in total. The number of aliphatic hydroxyl groups excluding tert-OH is 2. The standard InChI is InChI=1S/C25H38O3/c1-16-3-9-21-20(19(16)10-8-18(27)7-6-17-4-5-17)13-14-25(2)22(21)11-12-23(25)24(28)15-26/h16-23,26-27H,3-5,8-15H2,1-2H3. The molecule has 0 aromatic heterocycles. The summed E-state index contributed by atoms with van der Waals surface area (Å²) in [6.45, 7) is 4.45. The fourth-order valence-corrected chi connectivity index (χ4v) is 7.36. The fraction of sp³-hybridized carbons (Fsp3) is 0.880. The maximum Gasteiger partial charge on any atom is 0.161 e. The van der Waals surface area contributed by atoms with Gasteiger partial charge in [-0.05, 0) is 92.8 Å². The monoisotopic (exact) mass is 386 g/mol.